The number of benzene rings is 2. The van der Waals surface area contributed by atoms with Gasteiger partial charge in [0.1, 0.15) is 6.54 Å². The lowest BCUT2D eigenvalue weighted by Gasteiger charge is -2.22. The number of nitrogens with zero attached hydrogens (tertiary/aromatic N) is 1. The first kappa shape index (κ1) is 17.7. The molecule has 0 aliphatic heterocycles. The molecule has 24 heavy (non-hydrogen) atoms. The van der Waals surface area contributed by atoms with Gasteiger partial charge in [-0.05, 0) is 42.2 Å². The molecule has 2 aromatic carbocycles. The van der Waals surface area contributed by atoms with Gasteiger partial charge in [0.25, 0.3) is 0 Å². The molecule has 0 aromatic heterocycles. The maximum atomic E-state index is 12.5. The third kappa shape index (κ3) is 4.44. The summed E-state index contributed by atoms with van der Waals surface area (Å²) in [6.45, 7) is 7.59. The van der Waals surface area contributed by atoms with Gasteiger partial charge in [-0.1, -0.05) is 44.2 Å². The topological polar surface area (TPSA) is 49.4 Å². The molecule has 0 unspecified atom stereocenters. The van der Waals surface area contributed by atoms with E-state index in [1.54, 1.807) is 0 Å². The van der Waals surface area contributed by atoms with E-state index in [9.17, 15) is 9.59 Å². The minimum absolute atomic E-state index is 0.00871. The van der Waals surface area contributed by atoms with E-state index in [1.807, 2.05) is 55.5 Å². The number of carbonyl (C=O) groups excluding carboxylic acids is 2. The van der Waals surface area contributed by atoms with Gasteiger partial charge in [-0.25, -0.2) is 0 Å². The molecule has 4 nitrogen and oxygen atoms in total. The molecule has 0 bridgehead atoms. The molecule has 0 aliphatic rings. The Morgan fingerprint density at radius 3 is 2.42 bits per heavy atom. The van der Waals surface area contributed by atoms with E-state index >= 15 is 0 Å². The van der Waals surface area contributed by atoms with Crippen LogP contribution in [0.2, 0.25) is 0 Å². The van der Waals surface area contributed by atoms with Crippen LogP contribution in [0.15, 0.2) is 48.5 Å². The van der Waals surface area contributed by atoms with Crippen molar-refractivity contribution in [3.8, 4) is 0 Å². The van der Waals surface area contributed by atoms with E-state index in [2.05, 4.69) is 19.2 Å². The third-order valence-electron chi connectivity index (χ3n) is 3.85. The lowest BCUT2D eigenvalue weighted by molar-refractivity contribution is -0.120. The molecule has 4 heteroatoms. The Labute approximate surface area is 143 Å². The minimum Gasteiger partial charge on any atom is -0.324 e. The summed E-state index contributed by atoms with van der Waals surface area (Å²) in [4.78, 5) is 25.9. The molecule has 0 saturated heterocycles. The van der Waals surface area contributed by atoms with Crippen molar-refractivity contribution >= 4 is 23.2 Å². The van der Waals surface area contributed by atoms with E-state index in [0.717, 1.165) is 22.5 Å². The van der Waals surface area contributed by atoms with Crippen LogP contribution in [0.5, 0.6) is 0 Å². The molecule has 2 rings (SSSR count). The van der Waals surface area contributed by atoms with Crippen molar-refractivity contribution in [3.05, 3.63) is 59.7 Å². The van der Waals surface area contributed by atoms with Crippen molar-refractivity contribution < 1.29 is 9.59 Å². The minimum atomic E-state index is -0.209. The van der Waals surface area contributed by atoms with Crippen LogP contribution in [-0.4, -0.2) is 18.4 Å². The van der Waals surface area contributed by atoms with Gasteiger partial charge in [0.15, 0.2) is 0 Å². The maximum absolute atomic E-state index is 12.5. The molecule has 0 spiro atoms. The zero-order valence-electron chi connectivity index (χ0n) is 14.7. The number of nitrogens with one attached hydrogen (secondary N) is 1. The van der Waals surface area contributed by atoms with Gasteiger partial charge in [0.05, 0.1) is 0 Å². The molecule has 126 valence electrons. The maximum Gasteiger partial charge on any atom is 0.244 e. The Bertz CT molecular complexity index is 738. The van der Waals surface area contributed by atoms with Crippen LogP contribution >= 0.6 is 0 Å². The van der Waals surface area contributed by atoms with Crippen LogP contribution in [0, 0.1) is 6.92 Å². The fourth-order valence-corrected chi connectivity index (χ4v) is 2.63. The number of para-hydroxylation sites is 1. The van der Waals surface area contributed by atoms with Gasteiger partial charge in [-0.15, -0.1) is 0 Å². The van der Waals surface area contributed by atoms with Crippen molar-refractivity contribution in [2.24, 2.45) is 0 Å². The molecule has 2 amide bonds. The lowest BCUT2D eigenvalue weighted by Crippen LogP contribution is -2.36. The molecule has 0 atom stereocenters. The summed E-state index contributed by atoms with van der Waals surface area (Å²) < 4.78 is 0. The van der Waals surface area contributed by atoms with Crippen molar-refractivity contribution in [1.29, 1.82) is 0 Å². The number of carbonyl (C=O) groups is 2. The van der Waals surface area contributed by atoms with E-state index in [4.69, 9.17) is 0 Å². The van der Waals surface area contributed by atoms with Crippen LogP contribution in [-0.2, 0) is 9.59 Å². The van der Waals surface area contributed by atoms with Gasteiger partial charge in [-0.3, -0.25) is 9.59 Å². The predicted octanol–water partition coefficient (Wildman–Crippen LogP) is 4.11. The quantitative estimate of drug-likeness (QED) is 0.900. The third-order valence-corrected chi connectivity index (χ3v) is 3.85. The molecule has 0 fully saturated rings. The zero-order chi connectivity index (χ0) is 17.7. The van der Waals surface area contributed by atoms with Gasteiger partial charge < -0.3 is 10.2 Å². The number of hydrogen-bond acceptors (Lipinski definition) is 2. The standard InChI is InChI=1S/C20H24N2O2/c1-14(2)18-10-5-6-11-19(18)21-20(24)13-22(16(4)23)17-9-7-8-15(3)12-17/h5-12,14H,13H2,1-4H3,(H,21,24). The zero-order valence-corrected chi connectivity index (χ0v) is 14.7. The molecule has 0 saturated carbocycles. The highest BCUT2D eigenvalue weighted by Crippen LogP contribution is 2.24. The highest BCUT2D eigenvalue weighted by molar-refractivity contribution is 6.02. The van der Waals surface area contributed by atoms with Gasteiger partial charge >= 0.3 is 0 Å². The average molecular weight is 324 g/mol. The first-order valence-corrected chi connectivity index (χ1v) is 8.12. The van der Waals surface area contributed by atoms with E-state index in [1.165, 1.54) is 11.8 Å². The second-order valence-corrected chi connectivity index (χ2v) is 6.23. The Kier molecular flexibility index (Phi) is 5.74. The summed E-state index contributed by atoms with van der Waals surface area (Å²) in [6.07, 6.45) is 0. The van der Waals surface area contributed by atoms with Crippen LogP contribution in [0.4, 0.5) is 11.4 Å². The van der Waals surface area contributed by atoms with E-state index < -0.39 is 0 Å². The molecular weight excluding hydrogens is 300 g/mol. The smallest absolute Gasteiger partial charge is 0.244 e. The first-order valence-electron chi connectivity index (χ1n) is 8.12. The average Bonchev–Trinajstić information content (AvgIpc) is 2.52. The van der Waals surface area contributed by atoms with Gasteiger partial charge in [0.2, 0.25) is 11.8 Å². The summed E-state index contributed by atoms with van der Waals surface area (Å²) in [6, 6.07) is 15.3. The lowest BCUT2D eigenvalue weighted by atomic mass is 10.0. The van der Waals surface area contributed by atoms with E-state index in [0.29, 0.717) is 5.92 Å². The largest absolute Gasteiger partial charge is 0.324 e. The van der Waals surface area contributed by atoms with Crippen LogP contribution < -0.4 is 10.2 Å². The molecule has 0 radical (unpaired) electrons. The summed E-state index contributed by atoms with van der Waals surface area (Å²) in [7, 11) is 0. The summed E-state index contributed by atoms with van der Waals surface area (Å²) in [5.41, 5.74) is 3.65. The molecule has 0 aliphatic carbocycles. The number of hydrogen-bond donors (Lipinski definition) is 1. The van der Waals surface area contributed by atoms with Gasteiger partial charge in [-0.2, -0.15) is 0 Å². The van der Waals surface area contributed by atoms with Crippen molar-refractivity contribution in [2.45, 2.75) is 33.6 Å². The second kappa shape index (κ2) is 7.77. The Balaban J connectivity index is 2.16. The summed E-state index contributed by atoms with van der Waals surface area (Å²) in [5, 5.41) is 2.93. The molecule has 1 N–H and O–H groups in total. The number of amides is 2. The van der Waals surface area contributed by atoms with Crippen molar-refractivity contribution in [2.75, 3.05) is 16.8 Å². The Hall–Kier alpha value is -2.62. The van der Waals surface area contributed by atoms with Gasteiger partial charge in [0, 0.05) is 18.3 Å². The summed E-state index contributed by atoms with van der Waals surface area (Å²) in [5.74, 6) is -0.0603. The number of anilines is 2. The normalized spacial score (nSPS) is 10.5. The molecule has 0 heterocycles. The second-order valence-electron chi connectivity index (χ2n) is 6.23. The summed E-state index contributed by atoms with van der Waals surface area (Å²) >= 11 is 0. The monoisotopic (exact) mass is 324 g/mol. The SMILES string of the molecule is CC(=O)N(CC(=O)Nc1ccccc1C(C)C)c1cccc(C)c1. The fourth-order valence-electron chi connectivity index (χ4n) is 2.63. The Morgan fingerprint density at radius 2 is 1.79 bits per heavy atom. The fraction of sp³-hybridized carbons (Fsp3) is 0.300. The molecular formula is C20H24N2O2. The van der Waals surface area contributed by atoms with Crippen LogP contribution in [0.25, 0.3) is 0 Å². The number of aryl methyl sites for hydroxylation is 1. The first-order chi connectivity index (χ1) is 11.4. The number of rotatable bonds is 5. The predicted molar refractivity (Wildman–Crippen MR) is 98.4 cm³/mol. The van der Waals surface area contributed by atoms with Crippen molar-refractivity contribution in [3.63, 3.8) is 0 Å². The van der Waals surface area contributed by atoms with Crippen LogP contribution in [0.3, 0.4) is 0 Å². The molecule has 2 aromatic rings. The highest BCUT2D eigenvalue weighted by atomic mass is 16.2. The van der Waals surface area contributed by atoms with E-state index in [-0.39, 0.29) is 18.4 Å². The Morgan fingerprint density at radius 1 is 1.08 bits per heavy atom. The van der Waals surface area contributed by atoms with Crippen LogP contribution in [0.1, 0.15) is 37.8 Å². The highest BCUT2D eigenvalue weighted by Gasteiger charge is 2.17. The van der Waals surface area contributed by atoms with Crippen molar-refractivity contribution in [1.82, 2.24) is 0 Å².